The molecule has 0 saturated carbocycles. The fourth-order valence-corrected chi connectivity index (χ4v) is 8.04. The van der Waals surface area contributed by atoms with Gasteiger partial charge in [0, 0.05) is 11.9 Å². The van der Waals surface area contributed by atoms with Gasteiger partial charge in [-0.2, -0.15) is 0 Å². The van der Waals surface area contributed by atoms with Crippen LogP contribution in [0.25, 0.3) is 22.2 Å². The van der Waals surface area contributed by atoms with Crippen LogP contribution >= 0.6 is 23.1 Å². The van der Waals surface area contributed by atoms with Crippen LogP contribution in [0.5, 0.6) is 11.5 Å². The summed E-state index contributed by atoms with van der Waals surface area (Å²) in [6.45, 7) is 9.90. The van der Waals surface area contributed by atoms with Crippen LogP contribution in [0, 0.1) is 13.8 Å². The quantitative estimate of drug-likeness (QED) is 0.0360. The molecule has 12 heteroatoms. The van der Waals surface area contributed by atoms with Gasteiger partial charge in [0.2, 0.25) is 5.13 Å². The summed E-state index contributed by atoms with van der Waals surface area (Å²) in [5, 5.41) is 23.2. The van der Waals surface area contributed by atoms with E-state index >= 15 is 0 Å². The summed E-state index contributed by atoms with van der Waals surface area (Å²) in [5.74, 6) is -0.542. The SMILES string of the molecule is C=CCOc1ccc(C2C(=C(O)c3nc4c(C)cccn4c3C)C(=O)C(=O)N2c2nnc(SCc3cccc4ccccc34)s2)cc1OCC. The first-order chi connectivity index (χ1) is 24.3. The lowest BCUT2D eigenvalue weighted by molar-refractivity contribution is -0.132. The van der Waals surface area contributed by atoms with Crippen LogP contribution in [-0.2, 0) is 15.3 Å². The van der Waals surface area contributed by atoms with Crippen molar-refractivity contribution < 1.29 is 24.2 Å². The number of thioether (sulfide) groups is 1. The van der Waals surface area contributed by atoms with Gasteiger partial charge in [0.05, 0.1) is 23.9 Å². The van der Waals surface area contributed by atoms with E-state index in [0.29, 0.717) is 45.1 Å². The normalized spacial score (nSPS) is 15.7. The average molecular weight is 704 g/mol. The summed E-state index contributed by atoms with van der Waals surface area (Å²) in [6.07, 6.45) is 3.47. The molecule has 1 aliphatic heterocycles. The number of ketones is 1. The molecule has 1 N–H and O–H groups in total. The van der Waals surface area contributed by atoms with Gasteiger partial charge in [0.25, 0.3) is 5.78 Å². The first kappa shape index (κ1) is 33.1. The largest absolute Gasteiger partial charge is 0.505 e. The Labute approximate surface area is 296 Å². The molecule has 0 aliphatic carbocycles. The Bertz CT molecular complexity index is 2320. The van der Waals surface area contributed by atoms with E-state index in [1.807, 2.05) is 61.7 Å². The van der Waals surface area contributed by atoms with Gasteiger partial charge in [-0.25, -0.2) is 4.98 Å². The van der Waals surface area contributed by atoms with Crippen molar-refractivity contribution in [2.45, 2.75) is 36.9 Å². The third-order valence-electron chi connectivity index (χ3n) is 8.53. The second-order valence-electron chi connectivity index (χ2n) is 11.6. The number of hydrogen-bond acceptors (Lipinski definition) is 10. The Morgan fingerprint density at radius 3 is 2.64 bits per heavy atom. The topological polar surface area (TPSA) is 119 Å². The number of hydrogen-bond donors (Lipinski definition) is 1. The van der Waals surface area contributed by atoms with Crippen LogP contribution in [0.3, 0.4) is 0 Å². The molecule has 7 rings (SSSR count). The maximum absolute atomic E-state index is 14.0. The van der Waals surface area contributed by atoms with Gasteiger partial charge < -0.3 is 19.0 Å². The number of aliphatic hydroxyl groups is 1. The molecule has 1 saturated heterocycles. The highest BCUT2D eigenvalue weighted by molar-refractivity contribution is 8.00. The number of carbonyl (C=O) groups excluding carboxylic acids is 2. The molecule has 1 fully saturated rings. The summed E-state index contributed by atoms with van der Waals surface area (Å²) in [5.41, 5.74) is 3.91. The average Bonchev–Trinajstić information content (AvgIpc) is 3.81. The molecule has 10 nitrogen and oxygen atoms in total. The van der Waals surface area contributed by atoms with Crippen LogP contribution in [-0.4, -0.2) is 49.6 Å². The summed E-state index contributed by atoms with van der Waals surface area (Å²) in [6, 6.07) is 22.3. The van der Waals surface area contributed by atoms with Crippen LogP contribution in [0.1, 0.15) is 41.0 Å². The van der Waals surface area contributed by atoms with Crippen molar-refractivity contribution in [2.24, 2.45) is 0 Å². The molecular weight excluding hydrogens is 671 g/mol. The lowest BCUT2D eigenvalue weighted by Crippen LogP contribution is -2.29. The Hall–Kier alpha value is -5.46. The molecule has 6 aromatic rings. The van der Waals surface area contributed by atoms with Crippen molar-refractivity contribution in [1.29, 1.82) is 0 Å². The molecule has 0 spiro atoms. The molecule has 1 amide bonds. The summed E-state index contributed by atoms with van der Waals surface area (Å²) < 4.78 is 14.2. The van der Waals surface area contributed by atoms with E-state index < -0.39 is 17.7 Å². The number of aryl methyl sites for hydroxylation is 2. The minimum Gasteiger partial charge on any atom is -0.505 e. The van der Waals surface area contributed by atoms with E-state index in [1.165, 1.54) is 28.0 Å². The standard InChI is InChI=1S/C38H33N5O5S2/c1-5-19-48-28-17-16-25(20-29(28)47-6-2)32-30(33(44)31-23(4)42-18-10-11-22(3)35(42)39-31)34(45)36(46)43(32)37-40-41-38(50-37)49-21-26-14-9-13-24-12-7-8-15-27(24)26/h5,7-18,20,32,44H,1,6,19,21H2,2-4H3. The van der Waals surface area contributed by atoms with Crippen LogP contribution in [0.4, 0.5) is 5.13 Å². The summed E-state index contributed by atoms with van der Waals surface area (Å²) in [7, 11) is 0. The van der Waals surface area contributed by atoms with Gasteiger partial charge >= 0.3 is 5.91 Å². The number of pyridine rings is 1. The molecule has 50 heavy (non-hydrogen) atoms. The predicted octanol–water partition coefficient (Wildman–Crippen LogP) is 7.84. The highest BCUT2D eigenvalue weighted by atomic mass is 32.2. The van der Waals surface area contributed by atoms with Gasteiger partial charge in [-0.05, 0) is 66.4 Å². The molecule has 1 unspecified atom stereocenters. The molecule has 3 aromatic carbocycles. The minimum atomic E-state index is -1.06. The number of Topliss-reactive ketones (excluding diaryl/α,β-unsaturated/α-hetero) is 1. The smallest absolute Gasteiger partial charge is 0.301 e. The number of carbonyl (C=O) groups is 2. The van der Waals surface area contributed by atoms with Gasteiger partial charge in [-0.1, -0.05) is 90.4 Å². The predicted molar refractivity (Wildman–Crippen MR) is 196 cm³/mol. The monoisotopic (exact) mass is 703 g/mol. The lowest BCUT2D eigenvalue weighted by Gasteiger charge is -2.23. The highest BCUT2D eigenvalue weighted by Crippen LogP contribution is 2.46. The zero-order valence-corrected chi connectivity index (χ0v) is 29.3. The zero-order chi connectivity index (χ0) is 34.9. The summed E-state index contributed by atoms with van der Waals surface area (Å²) >= 11 is 2.71. The van der Waals surface area contributed by atoms with Crippen molar-refractivity contribution >= 4 is 62.1 Å². The number of anilines is 1. The lowest BCUT2D eigenvalue weighted by atomic mass is 9.96. The van der Waals surface area contributed by atoms with Crippen LogP contribution < -0.4 is 14.4 Å². The van der Waals surface area contributed by atoms with E-state index in [-0.39, 0.29) is 28.8 Å². The first-order valence-electron chi connectivity index (χ1n) is 16.0. The van der Waals surface area contributed by atoms with Gasteiger partial charge in [-0.3, -0.25) is 14.5 Å². The van der Waals surface area contributed by atoms with Gasteiger partial charge in [-0.15, -0.1) is 10.2 Å². The zero-order valence-electron chi connectivity index (χ0n) is 27.6. The maximum Gasteiger partial charge on any atom is 0.301 e. The number of nitrogens with zero attached hydrogens (tertiary/aromatic N) is 5. The number of aliphatic hydroxyl groups excluding tert-OH is 1. The molecule has 1 aliphatic rings. The third kappa shape index (κ3) is 5.90. The number of rotatable bonds is 11. The molecular formula is C38H33N5O5S2. The Kier molecular flexibility index (Phi) is 9.13. The number of aromatic nitrogens is 4. The number of ether oxygens (including phenoxy) is 2. The second kappa shape index (κ2) is 13.8. The van der Waals surface area contributed by atoms with Crippen molar-refractivity contribution in [3.05, 3.63) is 125 Å². The van der Waals surface area contributed by atoms with Crippen molar-refractivity contribution in [3.63, 3.8) is 0 Å². The van der Waals surface area contributed by atoms with Crippen LogP contribution in [0.15, 0.2) is 102 Å². The van der Waals surface area contributed by atoms with E-state index in [0.717, 1.165) is 21.9 Å². The summed E-state index contributed by atoms with van der Waals surface area (Å²) in [4.78, 5) is 34.0. The third-order valence-corrected chi connectivity index (χ3v) is 10.6. The Balaban J connectivity index is 1.32. The Morgan fingerprint density at radius 2 is 1.84 bits per heavy atom. The first-order valence-corrected chi connectivity index (χ1v) is 17.8. The molecule has 0 bridgehead atoms. The molecule has 252 valence electrons. The maximum atomic E-state index is 14.0. The van der Waals surface area contributed by atoms with E-state index in [1.54, 1.807) is 24.3 Å². The molecule has 1 atom stereocenters. The highest BCUT2D eigenvalue weighted by Gasteiger charge is 2.49. The number of fused-ring (bicyclic) bond motifs is 2. The number of amides is 1. The van der Waals surface area contributed by atoms with Crippen molar-refractivity contribution in [2.75, 3.05) is 18.1 Å². The fraction of sp³-hybridized carbons (Fsp3) is 0.184. The second-order valence-corrected chi connectivity index (χ2v) is 13.8. The fourth-order valence-electron chi connectivity index (χ4n) is 6.17. The van der Waals surface area contributed by atoms with Crippen molar-refractivity contribution in [3.8, 4) is 11.5 Å². The van der Waals surface area contributed by atoms with E-state index in [4.69, 9.17) is 14.5 Å². The van der Waals surface area contributed by atoms with E-state index in [9.17, 15) is 14.7 Å². The molecule has 4 heterocycles. The van der Waals surface area contributed by atoms with Gasteiger partial charge in [0.1, 0.15) is 17.9 Å². The molecule has 0 radical (unpaired) electrons. The van der Waals surface area contributed by atoms with Crippen molar-refractivity contribution in [1.82, 2.24) is 19.6 Å². The number of imidazole rings is 1. The van der Waals surface area contributed by atoms with E-state index in [2.05, 4.69) is 41.0 Å². The molecule has 3 aromatic heterocycles. The Morgan fingerprint density at radius 1 is 1.02 bits per heavy atom. The minimum absolute atomic E-state index is 0.110. The van der Waals surface area contributed by atoms with Gasteiger partial charge in [0.15, 0.2) is 21.6 Å². The number of benzene rings is 3. The van der Waals surface area contributed by atoms with Crippen LogP contribution in [0.2, 0.25) is 0 Å².